The quantitative estimate of drug-likeness (QED) is 0.293. The molecule has 0 saturated carbocycles. The summed E-state index contributed by atoms with van der Waals surface area (Å²) in [6.07, 6.45) is 5.18. The summed E-state index contributed by atoms with van der Waals surface area (Å²) < 4.78 is 13.5. The molecule has 1 unspecified atom stereocenters. The molecule has 198 valence electrons. The Bertz CT molecular complexity index is 1940. The van der Waals surface area contributed by atoms with Crippen LogP contribution >= 0.6 is 11.3 Å². The predicted molar refractivity (Wildman–Crippen MR) is 156 cm³/mol. The van der Waals surface area contributed by atoms with Crippen LogP contribution in [0.4, 0.5) is 0 Å². The molecular formula is C32H25N3O4S. The van der Waals surface area contributed by atoms with Crippen molar-refractivity contribution in [2.24, 2.45) is 4.99 Å². The van der Waals surface area contributed by atoms with Crippen LogP contribution in [0.15, 0.2) is 107 Å². The Balaban J connectivity index is 1.76. The number of benzene rings is 3. The third-order valence-electron chi connectivity index (χ3n) is 6.78. The molecule has 3 heterocycles. The molecule has 8 heteroatoms. The van der Waals surface area contributed by atoms with Crippen molar-refractivity contribution in [1.82, 2.24) is 9.55 Å². The van der Waals surface area contributed by atoms with Crippen LogP contribution in [0, 0.1) is 0 Å². The highest BCUT2D eigenvalue weighted by Gasteiger charge is 2.37. The van der Waals surface area contributed by atoms with Gasteiger partial charge < -0.3 is 9.47 Å². The monoisotopic (exact) mass is 547 g/mol. The number of fused-ring (bicyclic) bond motifs is 2. The summed E-state index contributed by atoms with van der Waals surface area (Å²) in [5.41, 5.74) is 2.72. The van der Waals surface area contributed by atoms with E-state index in [-0.39, 0.29) is 17.7 Å². The van der Waals surface area contributed by atoms with Gasteiger partial charge in [-0.05, 0) is 41.5 Å². The van der Waals surface area contributed by atoms with Crippen LogP contribution in [-0.4, -0.2) is 29.2 Å². The van der Waals surface area contributed by atoms with E-state index >= 15 is 0 Å². The number of hydrogen-bond donors (Lipinski definition) is 0. The van der Waals surface area contributed by atoms with Crippen LogP contribution in [0.2, 0.25) is 0 Å². The predicted octanol–water partition coefficient (Wildman–Crippen LogP) is 4.49. The number of carbonyl (C=O) groups excluding carboxylic acids is 1. The van der Waals surface area contributed by atoms with Crippen LogP contribution in [0.1, 0.15) is 29.7 Å². The van der Waals surface area contributed by atoms with Gasteiger partial charge in [-0.3, -0.25) is 14.3 Å². The van der Waals surface area contributed by atoms with E-state index in [1.165, 1.54) is 11.3 Å². The van der Waals surface area contributed by atoms with Gasteiger partial charge in [0.25, 0.3) is 5.56 Å². The van der Waals surface area contributed by atoms with Crippen molar-refractivity contribution in [2.75, 3.05) is 13.7 Å². The minimum atomic E-state index is -0.845. The number of methoxy groups -OCH3 is 1. The molecule has 1 atom stereocenters. The number of hydrogen-bond acceptors (Lipinski definition) is 7. The average Bonchev–Trinajstić information content (AvgIpc) is 3.31. The standard InChI is InChI=1S/C32H25N3O4S/c1-3-39-31(37)27-28(22-12-5-4-6-13-22)34-32-35(30(36)25(40-32)18-20-10-9-17-33-19-20)29(27)26-23-14-8-7-11-21(23)15-16-24(26)38-2/h4-19,29H,3H2,1-2H3/b25-18+. The summed E-state index contributed by atoms with van der Waals surface area (Å²) in [6.45, 7) is 1.94. The number of thiazole rings is 1. The molecule has 40 heavy (non-hydrogen) atoms. The molecular weight excluding hydrogens is 522 g/mol. The van der Waals surface area contributed by atoms with Gasteiger partial charge in [0.15, 0.2) is 4.80 Å². The summed E-state index contributed by atoms with van der Waals surface area (Å²) in [4.78, 5) is 37.5. The van der Waals surface area contributed by atoms with E-state index in [1.54, 1.807) is 37.1 Å². The fraction of sp³-hybridized carbons (Fsp3) is 0.125. The molecule has 3 aromatic carbocycles. The first kappa shape index (κ1) is 25.5. The second kappa shape index (κ2) is 10.7. The topological polar surface area (TPSA) is 82.8 Å². The van der Waals surface area contributed by atoms with Crippen LogP contribution in [0.25, 0.3) is 22.5 Å². The Kier molecular flexibility index (Phi) is 6.84. The van der Waals surface area contributed by atoms with Crippen molar-refractivity contribution in [3.8, 4) is 5.75 Å². The van der Waals surface area contributed by atoms with Crippen LogP contribution < -0.4 is 19.6 Å². The lowest BCUT2D eigenvalue weighted by atomic mass is 9.89. The number of pyridine rings is 1. The molecule has 0 aliphatic carbocycles. The van der Waals surface area contributed by atoms with Gasteiger partial charge in [-0.1, -0.05) is 78.1 Å². The van der Waals surface area contributed by atoms with Gasteiger partial charge in [-0.15, -0.1) is 0 Å². The fourth-order valence-corrected chi connectivity index (χ4v) is 6.06. The van der Waals surface area contributed by atoms with E-state index in [4.69, 9.17) is 14.5 Å². The van der Waals surface area contributed by atoms with Crippen LogP contribution in [0.3, 0.4) is 0 Å². The molecule has 0 N–H and O–H groups in total. The Morgan fingerprint density at radius 3 is 2.58 bits per heavy atom. The number of esters is 1. The highest BCUT2D eigenvalue weighted by atomic mass is 32.1. The van der Waals surface area contributed by atoms with Crippen molar-refractivity contribution in [2.45, 2.75) is 13.0 Å². The zero-order valence-corrected chi connectivity index (χ0v) is 22.7. The van der Waals surface area contributed by atoms with E-state index < -0.39 is 12.0 Å². The number of nitrogens with zero attached hydrogens (tertiary/aromatic N) is 3. The van der Waals surface area contributed by atoms with Gasteiger partial charge in [-0.25, -0.2) is 9.79 Å². The van der Waals surface area contributed by atoms with Gasteiger partial charge in [0, 0.05) is 23.5 Å². The van der Waals surface area contributed by atoms with Crippen molar-refractivity contribution in [1.29, 1.82) is 0 Å². The second-order valence-corrected chi connectivity index (χ2v) is 10.1. The Labute approximate surface area is 234 Å². The van der Waals surface area contributed by atoms with Crippen molar-refractivity contribution in [3.05, 3.63) is 133 Å². The Morgan fingerprint density at radius 2 is 1.82 bits per heavy atom. The second-order valence-electron chi connectivity index (χ2n) is 9.12. The molecule has 0 spiro atoms. The van der Waals surface area contributed by atoms with E-state index in [0.29, 0.717) is 26.3 Å². The number of aromatic nitrogens is 2. The normalized spacial score (nSPS) is 15.1. The SMILES string of the molecule is CCOC(=O)C1=C(c2ccccc2)N=c2s/c(=C/c3cccnc3)c(=O)n2C1c1c(OC)ccc2ccccc12. The third kappa shape index (κ3) is 4.42. The minimum absolute atomic E-state index is 0.176. The van der Waals surface area contributed by atoms with Gasteiger partial charge >= 0.3 is 5.97 Å². The zero-order valence-electron chi connectivity index (χ0n) is 21.9. The molecule has 0 saturated heterocycles. The molecule has 1 aliphatic rings. The molecule has 7 nitrogen and oxygen atoms in total. The number of ether oxygens (including phenoxy) is 2. The molecule has 0 amide bonds. The smallest absolute Gasteiger partial charge is 0.338 e. The van der Waals surface area contributed by atoms with E-state index in [2.05, 4.69) is 4.98 Å². The van der Waals surface area contributed by atoms with Crippen molar-refractivity contribution >= 4 is 39.9 Å². The highest BCUT2D eigenvalue weighted by molar-refractivity contribution is 7.07. The summed E-state index contributed by atoms with van der Waals surface area (Å²) in [5.74, 6) is 0.0216. The van der Waals surface area contributed by atoms with Crippen molar-refractivity contribution < 1.29 is 14.3 Å². The number of carbonyl (C=O) groups is 1. The zero-order chi connectivity index (χ0) is 27.6. The van der Waals surface area contributed by atoms with E-state index in [1.807, 2.05) is 78.9 Å². The third-order valence-corrected chi connectivity index (χ3v) is 7.76. The maximum absolute atomic E-state index is 14.2. The lowest BCUT2D eigenvalue weighted by Gasteiger charge is -2.28. The summed E-state index contributed by atoms with van der Waals surface area (Å²) >= 11 is 1.27. The van der Waals surface area contributed by atoms with Gasteiger partial charge in [0.2, 0.25) is 0 Å². The first-order valence-electron chi connectivity index (χ1n) is 12.8. The molecule has 5 aromatic rings. The molecule has 0 fully saturated rings. The first-order valence-corrected chi connectivity index (χ1v) is 13.7. The maximum atomic E-state index is 14.2. The average molecular weight is 548 g/mol. The maximum Gasteiger partial charge on any atom is 0.338 e. The van der Waals surface area contributed by atoms with Gasteiger partial charge in [-0.2, -0.15) is 0 Å². The number of rotatable bonds is 6. The Hall–Kier alpha value is -4.82. The Morgan fingerprint density at radius 1 is 1.02 bits per heavy atom. The van der Waals surface area contributed by atoms with Crippen LogP contribution in [0.5, 0.6) is 5.75 Å². The molecule has 0 bridgehead atoms. The molecule has 0 radical (unpaired) electrons. The largest absolute Gasteiger partial charge is 0.496 e. The van der Waals surface area contributed by atoms with E-state index in [0.717, 1.165) is 21.9 Å². The lowest BCUT2D eigenvalue weighted by Crippen LogP contribution is -2.40. The van der Waals surface area contributed by atoms with Crippen LogP contribution in [-0.2, 0) is 9.53 Å². The summed E-state index contributed by atoms with van der Waals surface area (Å²) in [6, 6.07) is 24.1. The van der Waals surface area contributed by atoms with Gasteiger partial charge in [0.1, 0.15) is 11.8 Å². The fourth-order valence-electron chi connectivity index (χ4n) is 5.06. The minimum Gasteiger partial charge on any atom is -0.496 e. The van der Waals surface area contributed by atoms with Crippen molar-refractivity contribution in [3.63, 3.8) is 0 Å². The highest BCUT2D eigenvalue weighted by Crippen LogP contribution is 2.42. The molecule has 2 aromatic heterocycles. The van der Waals surface area contributed by atoms with Gasteiger partial charge in [0.05, 0.1) is 29.5 Å². The molecule has 1 aliphatic heterocycles. The summed E-state index contributed by atoms with van der Waals surface area (Å²) in [7, 11) is 1.59. The molecule has 6 rings (SSSR count). The summed E-state index contributed by atoms with van der Waals surface area (Å²) in [5, 5.41) is 1.82. The lowest BCUT2D eigenvalue weighted by molar-refractivity contribution is -0.138. The van der Waals surface area contributed by atoms with E-state index in [9.17, 15) is 9.59 Å². The first-order chi connectivity index (χ1) is 19.6.